The molecule has 72 valence electrons. The van der Waals surface area contributed by atoms with E-state index in [0.29, 0.717) is 18.8 Å². The predicted molar refractivity (Wildman–Crippen MR) is 46.2 cm³/mol. The third kappa shape index (κ3) is 1.10. The zero-order valence-electron chi connectivity index (χ0n) is 7.75. The van der Waals surface area contributed by atoms with E-state index in [2.05, 4.69) is 0 Å². The molecule has 0 aliphatic heterocycles. The number of carbonyl (C=O) groups is 2. The Bertz CT molecular complexity index is 271. The lowest BCUT2D eigenvalue weighted by molar-refractivity contribution is -0.164. The minimum Gasteiger partial charge on any atom is -0.481 e. The summed E-state index contributed by atoms with van der Waals surface area (Å²) in [6, 6.07) is 0. The summed E-state index contributed by atoms with van der Waals surface area (Å²) in [5.74, 6) is -0.503. The fraction of sp³-hybridized carbons (Fsp3) is 0.800. The van der Waals surface area contributed by atoms with Gasteiger partial charge >= 0.3 is 5.97 Å². The predicted octanol–water partition coefficient (Wildman–Crippen LogP) is 1.47. The maximum Gasteiger partial charge on any atom is 0.310 e. The van der Waals surface area contributed by atoms with Crippen molar-refractivity contribution >= 4 is 11.8 Å². The van der Waals surface area contributed by atoms with Gasteiger partial charge in [-0.2, -0.15) is 0 Å². The third-order valence-electron chi connectivity index (χ3n) is 3.71. The molecule has 3 unspecified atom stereocenters. The van der Waals surface area contributed by atoms with E-state index >= 15 is 0 Å². The van der Waals surface area contributed by atoms with E-state index in [1.165, 1.54) is 0 Å². The van der Waals surface area contributed by atoms with Gasteiger partial charge in [-0.05, 0) is 32.1 Å². The minimum absolute atomic E-state index is 0.174. The number of Topliss-reactive ketones (excluding diaryl/α,β-unsaturated/α-hetero) is 1. The van der Waals surface area contributed by atoms with Crippen molar-refractivity contribution in [1.29, 1.82) is 0 Å². The van der Waals surface area contributed by atoms with Crippen molar-refractivity contribution in [3.8, 4) is 0 Å². The lowest BCUT2D eigenvalue weighted by atomic mass is 9.56. The van der Waals surface area contributed by atoms with Crippen LogP contribution in [0.1, 0.15) is 32.6 Å². The lowest BCUT2D eigenvalue weighted by Crippen LogP contribution is -2.49. The van der Waals surface area contributed by atoms with E-state index in [-0.39, 0.29) is 11.7 Å². The van der Waals surface area contributed by atoms with Crippen LogP contribution in [0, 0.1) is 17.3 Å². The number of hydrogen-bond acceptors (Lipinski definition) is 2. The first kappa shape index (κ1) is 8.73. The molecule has 3 saturated carbocycles. The minimum atomic E-state index is -0.796. The van der Waals surface area contributed by atoms with Gasteiger partial charge in [-0.25, -0.2) is 0 Å². The number of carboxylic acid groups (broad SMARTS) is 1. The van der Waals surface area contributed by atoms with E-state index < -0.39 is 11.4 Å². The second-order valence-electron chi connectivity index (χ2n) is 4.59. The van der Waals surface area contributed by atoms with Gasteiger partial charge in [-0.1, -0.05) is 0 Å². The molecule has 3 heteroatoms. The summed E-state index contributed by atoms with van der Waals surface area (Å²) in [6.07, 6.45) is 3.14. The Kier molecular flexibility index (Phi) is 1.72. The Morgan fingerprint density at radius 1 is 1.54 bits per heavy atom. The van der Waals surface area contributed by atoms with Gasteiger partial charge in [0, 0.05) is 12.3 Å². The maximum atomic E-state index is 11.5. The smallest absolute Gasteiger partial charge is 0.310 e. The molecule has 0 aromatic rings. The molecular weight excluding hydrogens is 168 g/mol. The summed E-state index contributed by atoms with van der Waals surface area (Å²) in [4.78, 5) is 22.6. The lowest BCUT2D eigenvalue weighted by Gasteiger charge is -2.45. The average Bonchev–Trinajstić information content (AvgIpc) is 2.03. The second kappa shape index (κ2) is 2.56. The molecule has 0 saturated heterocycles. The van der Waals surface area contributed by atoms with E-state index in [1.807, 2.05) is 0 Å². The highest BCUT2D eigenvalue weighted by Crippen LogP contribution is 2.50. The van der Waals surface area contributed by atoms with Crippen molar-refractivity contribution in [3.05, 3.63) is 0 Å². The van der Waals surface area contributed by atoms with Crippen LogP contribution in [0.5, 0.6) is 0 Å². The summed E-state index contributed by atoms with van der Waals surface area (Å²) in [5.41, 5.74) is -0.766. The summed E-state index contributed by atoms with van der Waals surface area (Å²) in [5, 5.41) is 9.09. The first-order chi connectivity index (χ1) is 6.04. The highest BCUT2D eigenvalue weighted by atomic mass is 16.4. The summed E-state index contributed by atoms with van der Waals surface area (Å²) >= 11 is 0. The van der Waals surface area contributed by atoms with Crippen LogP contribution in [0.3, 0.4) is 0 Å². The monoisotopic (exact) mass is 182 g/mol. The average molecular weight is 182 g/mol. The molecule has 3 nitrogen and oxygen atoms in total. The standard InChI is InChI=1S/C10H14O3/c1-10(9(12)13)5-6-2-3-7(10)8(11)4-6/h6-7H,2-5H2,1H3,(H,12,13). The third-order valence-corrected chi connectivity index (χ3v) is 3.71. The molecule has 2 bridgehead atoms. The van der Waals surface area contributed by atoms with Gasteiger partial charge in [0.15, 0.2) is 0 Å². The van der Waals surface area contributed by atoms with Crippen LogP contribution < -0.4 is 0 Å². The van der Waals surface area contributed by atoms with Crippen LogP contribution in [0.25, 0.3) is 0 Å². The quantitative estimate of drug-likeness (QED) is 0.668. The van der Waals surface area contributed by atoms with Gasteiger partial charge in [0.1, 0.15) is 5.78 Å². The molecule has 0 aromatic heterocycles. The highest BCUT2D eigenvalue weighted by molar-refractivity contribution is 5.90. The zero-order chi connectivity index (χ0) is 9.64. The number of hydrogen-bond donors (Lipinski definition) is 1. The maximum absolute atomic E-state index is 11.5. The zero-order valence-corrected chi connectivity index (χ0v) is 7.75. The van der Waals surface area contributed by atoms with Crippen molar-refractivity contribution in [3.63, 3.8) is 0 Å². The fourth-order valence-corrected chi connectivity index (χ4v) is 2.92. The molecule has 3 rings (SSSR count). The first-order valence-corrected chi connectivity index (χ1v) is 4.80. The Morgan fingerprint density at radius 2 is 2.23 bits per heavy atom. The normalized spacial score (nSPS) is 43.6. The number of fused-ring (bicyclic) bond motifs is 3. The number of carboxylic acids is 1. The molecule has 0 amide bonds. The van der Waals surface area contributed by atoms with Crippen LogP contribution in [0.2, 0.25) is 0 Å². The van der Waals surface area contributed by atoms with Crippen molar-refractivity contribution in [2.75, 3.05) is 0 Å². The highest BCUT2D eigenvalue weighted by Gasteiger charge is 2.53. The van der Waals surface area contributed by atoms with Crippen LogP contribution >= 0.6 is 0 Å². The van der Waals surface area contributed by atoms with E-state index in [4.69, 9.17) is 5.11 Å². The topological polar surface area (TPSA) is 54.4 Å². The molecule has 13 heavy (non-hydrogen) atoms. The molecule has 0 spiro atoms. The van der Waals surface area contributed by atoms with E-state index in [1.54, 1.807) is 6.92 Å². The molecule has 1 N–H and O–H groups in total. The molecule has 0 radical (unpaired) electrons. The number of aliphatic carboxylic acids is 1. The molecule has 3 aliphatic carbocycles. The first-order valence-electron chi connectivity index (χ1n) is 4.80. The van der Waals surface area contributed by atoms with Crippen molar-refractivity contribution in [2.45, 2.75) is 32.6 Å². The van der Waals surface area contributed by atoms with Crippen molar-refractivity contribution in [1.82, 2.24) is 0 Å². The van der Waals surface area contributed by atoms with Gasteiger partial charge in [0.05, 0.1) is 5.41 Å². The van der Waals surface area contributed by atoms with E-state index in [9.17, 15) is 9.59 Å². The molecule has 0 aromatic carbocycles. The van der Waals surface area contributed by atoms with Crippen molar-refractivity contribution in [2.24, 2.45) is 17.3 Å². The summed E-state index contributed by atoms with van der Waals surface area (Å²) in [7, 11) is 0. The van der Waals surface area contributed by atoms with E-state index in [0.717, 1.165) is 12.8 Å². The largest absolute Gasteiger partial charge is 0.481 e. The van der Waals surface area contributed by atoms with Gasteiger partial charge in [-0.15, -0.1) is 0 Å². The Hall–Kier alpha value is -0.860. The SMILES string of the molecule is CC1(C(=O)O)CC2CCC1C(=O)C2. The summed E-state index contributed by atoms with van der Waals surface area (Å²) < 4.78 is 0. The molecule has 3 fully saturated rings. The fourth-order valence-electron chi connectivity index (χ4n) is 2.92. The summed E-state index contributed by atoms with van der Waals surface area (Å²) in [6.45, 7) is 1.73. The molecule has 0 heterocycles. The van der Waals surface area contributed by atoms with Gasteiger partial charge in [0.25, 0.3) is 0 Å². The van der Waals surface area contributed by atoms with Crippen LogP contribution in [0.15, 0.2) is 0 Å². The number of rotatable bonds is 1. The van der Waals surface area contributed by atoms with Gasteiger partial charge in [-0.3, -0.25) is 9.59 Å². The number of ketones is 1. The number of carbonyl (C=O) groups excluding carboxylic acids is 1. The molecular formula is C10H14O3. The van der Waals surface area contributed by atoms with Gasteiger partial charge in [0.2, 0.25) is 0 Å². The molecule has 3 atom stereocenters. The molecule has 3 aliphatic rings. The van der Waals surface area contributed by atoms with Crippen LogP contribution in [-0.2, 0) is 9.59 Å². The van der Waals surface area contributed by atoms with Crippen LogP contribution in [-0.4, -0.2) is 16.9 Å². The van der Waals surface area contributed by atoms with Crippen LogP contribution in [0.4, 0.5) is 0 Å². The Morgan fingerprint density at radius 3 is 2.62 bits per heavy atom. The Balaban J connectivity index is 2.33. The van der Waals surface area contributed by atoms with Gasteiger partial charge < -0.3 is 5.11 Å². The second-order valence-corrected chi connectivity index (χ2v) is 4.59. The van der Waals surface area contributed by atoms with Crippen molar-refractivity contribution < 1.29 is 14.7 Å². The Labute approximate surface area is 77.1 Å².